The Morgan fingerprint density at radius 1 is 1.07 bits per heavy atom. The number of carbonyl (C=O) groups excluding carboxylic acids is 1. The molecule has 0 saturated heterocycles. The fourth-order valence-electron chi connectivity index (χ4n) is 3.02. The van der Waals surface area contributed by atoms with Gasteiger partial charge in [0.25, 0.3) is 5.91 Å². The molecule has 2 heterocycles. The van der Waals surface area contributed by atoms with Gasteiger partial charge in [0.2, 0.25) is 0 Å². The first kappa shape index (κ1) is 17.6. The summed E-state index contributed by atoms with van der Waals surface area (Å²) in [5.74, 6) is 1.91. The van der Waals surface area contributed by atoms with E-state index in [0.29, 0.717) is 41.9 Å². The van der Waals surface area contributed by atoms with Crippen molar-refractivity contribution in [1.82, 2.24) is 5.32 Å². The van der Waals surface area contributed by atoms with E-state index < -0.39 is 0 Å². The third-order valence-corrected chi connectivity index (χ3v) is 4.60. The van der Waals surface area contributed by atoms with Crippen LogP contribution in [0.2, 0.25) is 5.02 Å². The highest BCUT2D eigenvalue weighted by Gasteiger charge is 2.20. The zero-order valence-electron chi connectivity index (χ0n) is 14.7. The van der Waals surface area contributed by atoms with Crippen molar-refractivity contribution in [2.24, 2.45) is 4.99 Å². The number of hydrogen-bond acceptors (Lipinski definition) is 4. The van der Waals surface area contributed by atoms with Crippen LogP contribution in [0.3, 0.4) is 0 Å². The Morgan fingerprint density at radius 2 is 1.93 bits per heavy atom. The number of amides is 1. The van der Waals surface area contributed by atoms with E-state index in [0.717, 1.165) is 29.7 Å². The maximum absolute atomic E-state index is 12.2. The number of halogens is 1. The third kappa shape index (κ3) is 4.31. The molecule has 1 amide bonds. The summed E-state index contributed by atoms with van der Waals surface area (Å²) in [5, 5.41) is 3.54. The van der Waals surface area contributed by atoms with Gasteiger partial charge in [-0.15, -0.1) is 0 Å². The molecular formula is C21H19ClN2O3. The van der Waals surface area contributed by atoms with Crippen LogP contribution >= 0.6 is 11.6 Å². The van der Waals surface area contributed by atoms with Gasteiger partial charge in [-0.2, -0.15) is 0 Å². The number of rotatable bonds is 4. The molecule has 0 unspecified atom stereocenters. The molecule has 4 rings (SSSR count). The number of aryl methyl sites for hydroxylation is 1. The van der Waals surface area contributed by atoms with E-state index in [9.17, 15) is 4.79 Å². The Kier molecular flexibility index (Phi) is 5.12. The first-order chi connectivity index (χ1) is 13.2. The maximum atomic E-state index is 12.2. The SMILES string of the molecule is O=C1NC(CCc2cccc(Cl)c2)=N/C1=C/c1ccc2c(c1)OCCCO2. The second-order valence-corrected chi connectivity index (χ2v) is 6.87. The molecule has 0 aliphatic carbocycles. The van der Waals surface area contributed by atoms with Crippen LogP contribution in [-0.4, -0.2) is 25.0 Å². The highest BCUT2D eigenvalue weighted by atomic mass is 35.5. The number of aliphatic imine (C=N–C) groups is 1. The molecule has 5 nitrogen and oxygen atoms in total. The molecule has 0 atom stereocenters. The van der Waals surface area contributed by atoms with Gasteiger partial charge in [0.1, 0.15) is 11.5 Å². The summed E-state index contributed by atoms with van der Waals surface area (Å²) < 4.78 is 11.3. The molecule has 138 valence electrons. The second kappa shape index (κ2) is 7.84. The Labute approximate surface area is 162 Å². The molecular weight excluding hydrogens is 364 g/mol. The number of carbonyl (C=O) groups is 1. The van der Waals surface area contributed by atoms with Crippen molar-refractivity contribution >= 4 is 29.4 Å². The van der Waals surface area contributed by atoms with E-state index in [2.05, 4.69) is 10.3 Å². The Morgan fingerprint density at radius 3 is 2.78 bits per heavy atom. The number of benzene rings is 2. The summed E-state index contributed by atoms with van der Waals surface area (Å²) in [6, 6.07) is 13.3. The van der Waals surface area contributed by atoms with Crippen LogP contribution in [0.25, 0.3) is 6.08 Å². The Hall–Kier alpha value is -2.79. The van der Waals surface area contributed by atoms with E-state index in [1.807, 2.05) is 42.5 Å². The zero-order valence-corrected chi connectivity index (χ0v) is 15.5. The number of nitrogens with zero attached hydrogens (tertiary/aromatic N) is 1. The fourth-order valence-corrected chi connectivity index (χ4v) is 3.23. The van der Waals surface area contributed by atoms with Crippen LogP contribution < -0.4 is 14.8 Å². The van der Waals surface area contributed by atoms with Gasteiger partial charge >= 0.3 is 0 Å². The van der Waals surface area contributed by atoms with Gasteiger partial charge in [0.15, 0.2) is 11.5 Å². The smallest absolute Gasteiger partial charge is 0.275 e. The maximum Gasteiger partial charge on any atom is 0.275 e. The fraction of sp³-hybridized carbons (Fsp3) is 0.238. The van der Waals surface area contributed by atoms with Crippen LogP contribution in [0, 0.1) is 0 Å². The average molecular weight is 383 g/mol. The van der Waals surface area contributed by atoms with Gasteiger partial charge in [0, 0.05) is 17.9 Å². The average Bonchev–Trinajstić information content (AvgIpc) is 2.86. The molecule has 0 radical (unpaired) electrons. The number of ether oxygens (including phenoxy) is 2. The minimum Gasteiger partial charge on any atom is -0.490 e. The third-order valence-electron chi connectivity index (χ3n) is 4.36. The lowest BCUT2D eigenvalue weighted by Crippen LogP contribution is -2.24. The van der Waals surface area contributed by atoms with Crippen LogP contribution in [0.1, 0.15) is 24.0 Å². The lowest BCUT2D eigenvalue weighted by atomic mass is 10.1. The summed E-state index contributed by atoms with van der Waals surface area (Å²) in [6.45, 7) is 1.27. The van der Waals surface area contributed by atoms with E-state index in [1.54, 1.807) is 6.08 Å². The highest BCUT2D eigenvalue weighted by Crippen LogP contribution is 2.31. The number of amidine groups is 1. The van der Waals surface area contributed by atoms with Crippen molar-refractivity contribution in [2.75, 3.05) is 13.2 Å². The van der Waals surface area contributed by atoms with Crippen molar-refractivity contribution in [3.05, 3.63) is 64.3 Å². The molecule has 0 fully saturated rings. The van der Waals surface area contributed by atoms with Crippen molar-refractivity contribution < 1.29 is 14.3 Å². The van der Waals surface area contributed by atoms with Crippen LogP contribution in [-0.2, 0) is 11.2 Å². The summed E-state index contributed by atoms with van der Waals surface area (Å²) in [4.78, 5) is 16.7. The van der Waals surface area contributed by atoms with E-state index in [1.165, 1.54) is 0 Å². The van der Waals surface area contributed by atoms with Crippen molar-refractivity contribution in [2.45, 2.75) is 19.3 Å². The van der Waals surface area contributed by atoms with Gasteiger partial charge in [-0.25, -0.2) is 4.99 Å². The normalized spacial score (nSPS) is 17.4. The lowest BCUT2D eigenvalue weighted by Gasteiger charge is -2.07. The van der Waals surface area contributed by atoms with E-state index in [4.69, 9.17) is 21.1 Å². The van der Waals surface area contributed by atoms with Crippen molar-refractivity contribution in [1.29, 1.82) is 0 Å². The molecule has 27 heavy (non-hydrogen) atoms. The van der Waals surface area contributed by atoms with Crippen LogP contribution in [0.5, 0.6) is 11.5 Å². The molecule has 6 heteroatoms. The predicted molar refractivity (Wildman–Crippen MR) is 105 cm³/mol. The summed E-state index contributed by atoms with van der Waals surface area (Å²) in [7, 11) is 0. The van der Waals surface area contributed by atoms with E-state index in [-0.39, 0.29) is 5.91 Å². The molecule has 0 aromatic heterocycles. The van der Waals surface area contributed by atoms with Crippen LogP contribution in [0.4, 0.5) is 0 Å². The quantitative estimate of drug-likeness (QED) is 0.813. The molecule has 2 aliphatic heterocycles. The molecule has 2 aromatic rings. The first-order valence-electron chi connectivity index (χ1n) is 8.92. The standard InChI is InChI=1S/C21H19ClN2O3/c22-16-4-1-3-14(11-16)6-8-20-23-17(21(25)24-20)12-15-5-7-18-19(13-15)27-10-2-9-26-18/h1,3-5,7,11-13H,2,6,8-10H2,(H,23,24,25)/b17-12+. The Bertz CT molecular complexity index is 937. The molecule has 0 spiro atoms. The first-order valence-corrected chi connectivity index (χ1v) is 9.30. The molecule has 0 saturated carbocycles. The Balaban J connectivity index is 1.48. The second-order valence-electron chi connectivity index (χ2n) is 6.43. The predicted octanol–water partition coefficient (Wildman–Crippen LogP) is 4.00. The molecule has 2 aromatic carbocycles. The number of hydrogen-bond donors (Lipinski definition) is 1. The number of nitrogens with one attached hydrogen (secondary N) is 1. The topological polar surface area (TPSA) is 59.9 Å². The van der Waals surface area contributed by atoms with Crippen molar-refractivity contribution in [3.8, 4) is 11.5 Å². The largest absolute Gasteiger partial charge is 0.490 e. The van der Waals surface area contributed by atoms with Crippen LogP contribution in [0.15, 0.2) is 53.2 Å². The molecule has 1 N–H and O–H groups in total. The van der Waals surface area contributed by atoms with Gasteiger partial charge in [-0.1, -0.05) is 29.8 Å². The summed E-state index contributed by atoms with van der Waals surface area (Å²) in [6.07, 6.45) is 4.02. The van der Waals surface area contributed by atoms with Gasteiger partial charge in [-0.05, 0) is 47.9 Å². The monoisotopic (exact) mass is 382 g/mol. The summed E-state index contributed by atoms with van der Waals surface area (Å²) in [5.41, 5.74) is 2.36. The summed E-state index contributed by atoms with van der Waals surface area (Å²) >= 11 is 6.01. The number of fused-ring (bicyclic) bond motifs is 1. The minimum absolute atomic E-state index is 0.191. The lowest BCUT2D eigenvalue weighted by molar-refractivity contribution is -0.115. The van der Waals surface area contributed by atoms with Gasteiger partial charge in [0.05, 0.1) is 13.2 Å². The zero-order chi connectivity index (χ0) is 18.6. The van der Waals surface area contributed by atoms with Crippen molar-refractivity contribution in [3.63, 3.8) is 0 Å². The highest BCUT2D eigenvalue weighted by molar-refractivity contribution is 6.30. The molecule has 0 bridgehead atoms. The molecule has 2 aliphatic rings. The van der Waals surface area contributed by atoms with Gasteiger partial charge in [-0.3, -0.25) is 4.79 Å². The minimum atomic E-state index is -0.191. The van der Waals surface area contributed by atoms with Gasteiger partial charge < -0.3 is 14.8 Å². The van der Waals surface area contributed by atoms with E-state index >= 15 is 0 Å².